The molecule has 0 bridgehead atoms. The van der Waals surface area contributed by atoms with Crippen molar-refractivity contribution in [3.63, 3.8) is 0 Å². The van der Waals surface area contributed by atoms with Gasteiger partial charge in [0.05, 0.1) is 18.2 Å². The largest absolute Gasteiger partial charge is 0.376 e. The van der Waals surface area contributed by atoms with E-state index in [1.807, 2.05) is 62.4 Å². The van der Waals surface area contributed by atoms with E-state index < -0.39 is 0 Å². The van der Waals surface area contributed by atoms with Gasteiger partial charge in [0.1, 0.15) is 0 Å². The van der Waals surface area contributed by atoms with Gasteiger partial charge in [0, 0.05) is 24.4 Å². The van der Waals surface area contributed by atoms with Gasteiger partial charge in [-0.1, -0.05) is 30.3 Å². The highest BCUT2D eigenvalue weighted by molar-refractivity contribution is 5.89. The molecule has 1 aliphatic rings. The Bertz CT molecular complexity index is 1100. The predicted molar refractivity (Wildman–Crippen MR) is 119 cm³/mol. The number of aromatic nitrogens is 1. The quantitative estimate of drug-likeness (QED) is 0.662. The summed E-state index contributed by atoms with van der Waals surface area (Å²) in [6, 6.07) is 15.0. The minimum absolute atomic E-state index is 0.00374. The molecule has 2 amide bonds. The van der Waals surface area contributed by atoms with E-state index >= 15 is 0 Å². The zero-order valence-electron chi connectivity index (χ0n) is 17.4. The molecule has 2 heterocycles. The Morgan fingerprint density at radius 3 is 2.73 bits per heavy atom. The molecule has 0 spiro atoms. The number of carbonyl (C=O) groups excluding carboxylic acids is 1. The number of nitrogens with one attached hydrogen (secondary N) is 2. The van der Waals surface area contributed by atoms with Crippen LogP contribution in [0.4, 0.5) is 10.5 Å². The van der Waals surface area contributed by atoms with Crippen LogP contribution < -0.4 is 10.9 Å². The predicted octanol–water partition coefficient (Wildman–Crippen LogP) is 4.36. The molecule has 1 atom stereocenters. The maximum Gasteiger partial charge on any atom is 0.322 e. The molecule has 2 aromatic carbocycles. The van der Waals surface area contributed by atoms with E-state index in [9.17, 15) is 9.59 Å². The molecule has 1 aromatic heterocycles. The molecular weight excluding hydrogens is 378 g/mol. The Morgan fingerprint density at radius 1 is 1.20 bits per heavy atom. The van der Waals surface area contributed by atoms with Crippen LogP contribution in [0.3, 0.4) is 0 Å². The average molecular weight is 405 g/mol. The lowest BCUT2D eigenvalue weighted by Crippen LogP contribution is -2.40. The summed E-state index contributed by atoms with van der Waals surface area (Å²) in [7, 11) is 0. The van der Waals surface area contributed by atoms with E-state index in [4.69, 9.17) is 4.74 Å². The van der Waals surface area contributed by atoms with Crippen LogP contribution in [0.15, 0.2) is 53.3 Å². The van der Waals surface area contributed by atoms with Crippen LogP contribution in [0.2, 0.25) is 0 Å². The number of pyridine rings is 1. The lowest BCUT2D eigenvalue weighted by Gasteiger charge is -2.26. The van der Waals surface area contributed by atoms with Gasteiger partial charge in [-0.3, -0.25) is 4.79 Å². The van der Waals surface area contributed by atoms with Crippen LogP contribution in [0.1, 0.15) is 29.5 Å². The van der Waals surface area contributed by atoms with Crippen molar-refractivity contribution in [3.05, 3.63) is 75.6 Å². The molecule has 0 radical (unpaired) electrons. The molecule has 0 unspecified atom stereocenters. The Labute approximate surface area is 175 Å². The first-order valence-electron chi connectivity index (χ1n) is 10.4. The first kappa shape index (κ1) is 20.2. The van der Waals surface area contributed by atoms with Gasteiger partial charge in [0.15, 0.2) is 0 Å². The number of aryl methyl sites for hydroxylation is 2. The molecule has 1 fully saturated rings. The summed E-state index contributed by atoms with van der Waals surface area (Å²) in [5.74, 6) is 0. The van der Waals surface area contributed by atoms with Crippen molar-refractivity contribution in [2.24, 2.45) is 0 Å². The fraction of sp³-hybridized carbons (Fsp3) is 0.333. The molecule has 6 heteroatoms. The monoisotopic (exact) mass is 405 g/mol. The molecule has 6 nitrogen and oxygen atoms in total. The Balaban J connectivity index is 1.62. The molecule has 1 aliphatic heterocycles. The summed E-state index contributed by atoms with van der Waals surface area (Å²) in [4.78, 5) is 30.5. The lowest BCUT2D eigenvalue weighted by atomic mass is 10.0. The molecule has 1 saturated heterocycles. The Kier molecular flexibility index (Phi) is 5.86. The average Bonchev–Trinajstić information content (AvgIpc) is 3.25. The Hall–Kier alpha value is -3.12. The Morgan fingerprint density at radius 2 is 2.00 bits per heavy atom. The summed E-state index contributed by atoms with van der Waals surface area (Å²) in [5, 5.41) is 3.89. The molecular formula is C24H27N3O3. The van der Waals surface area contributed by atoms with Crippen molar-refractivity contribution in [1.82, 2.24) is 9.88 Å². The third-order valence-corrected chi connectivity index (χ3v) is 5.75. The second-order valence-corrected chi connectivity index (χ2v) is 7.91. The summed E-state index contributed by atoms with van der Waals surface area (Å²) in [6.07, 6.45) is 1.91. The van der Waals surface area contributed by atoms with Crippen LogP contribution in [-0.2, 0) is 11.3 Å². The highest BCUT2D eigenvalue weighted by atomic mass is 16.5. The molecule has 0 saturated carbocycles. The fourth-order valence-corrected chi connectivity index (χ4v) is 3.87. The number of ether oxygens (including phenoxy) is 1. The smallest absolute Gasteiger partial charge is 0.322 e. The number of benzene rings is 2. The molecule has 2 N–H and O–H groups in total. The van der Waals surface area contributed by atoms with Crippen LogP contribution in [0, 0.1) is 13.8 Å². The topological polar surface area (TPSA) is 74.4 Å². The highest BCUT2D eigenvalue weighted by Gasteiger charge is 2.24. The molecule has 4 rings (SSSR count). The lowest BCUT2D eigenvalue weighted by molar-refractivity contribution is 0.0818. The molecule has 3 aromatic rings. The van der Waals surface area contributed by atoms with Crippen LogP contribution in [0.25, 0.3) is 10.9 Å². The number of amides is 2. The summed E-state index contributed by atoms with van der Waals surface area (Å²) in [6.45, 7) is 5.41. The number of H-pyrrole nitrogens is 1. The van der Waals surface area contributed by atoms with Crippen molar-refractivity contribution in [2.75, 3.05) is 18.5 Å². The van der Waals surface area contributed by atoms with Crippen LogP contribution >= 0.6 is 0 Å². The van der Waals surface area contributed by atoms with E-state index in [0.29, 0.717) is 18.7 Å². The maximum absolute atomic E-state index is 13.0. The van der Waals surface area contributed by atoms with E-state index in [2.05, 4.69) is 10.3 Å². The summed E-state index contributed by atoms with van der Waals surface area (Å²) in [5.41, 5.74) is 4.16. The number of hydrogen-bond donors (Lipinski definition) is 2. The SMILES string of the molecule is Cc1ccc2cc(CN(C[C@@H]3CCCO3)C(=O)Nc3ccccc3)c(=O)[nH]c2c1C. The minimum atomic E-state index is -0.240. The summed E-state index contributed by atoms with van der Waals surface area (Å²) < 4.78 is 5.74. The van der Waals surface area contributed by atoms with Gasteiger partial charge in [-0.2, -0.15) is 0 Å². The summed E-state index contributed by atoms with van der Waals surface area (Å²) >= 11 is 0. The number of anilines is 1. The fourth-order valence-electron chi connectivity index (χ4n) is 3.87. The van der Waals surface area contributed by atoms with Gasteiger partial charge in [0.2, 0.25) is 0 Å². The zero-order valence-corrected chi connectivity index (χ0v) is 17.4. The number of aromatic amines is 1. The maximum atomic E-state index is 13.0. The first-order valence-corrected chi connectivity index (χ1v) is 10.4. The number of nitrogens with zero attached hydrogens (tertiary/aromatic N) is 1. The molecule has 156 valence electrons. The molecule has 30 heavy (non-hydrogen) atoms. The van der Waals surface area contributed by atoms with E-state index in [1.165, 1.54) is 0 Å². The highest BCUT2D eigenvalue weighted by Crippen LogP contribution is 2.20. The number of hydrogen-bond acceptors (Lipinski definition) is 3. The van der Waals surface area contributed by atoms with Crippen LogP contribution in [-0.4, -0.2) is 35.2 Å². The zero-order chi connectivity index (χ0) is 21.1. The second-order valence-electron chi connectivity index (χ2n) is 7.91. The van der Waals surface area contributed by atoms with Crippen molar-refractivity contribution in [2.45, 2.75) is 39.3 Å². The van der Waals surface area contributed by atoms with Gasteiger partial charge in [0.25, 0.3) is 5.56 Å². The van der Waals surface area contributed by atoms with Gasteiger partial charge >= 0.3 is 6.03 Å². The number of carbonyl (C=O) groups is 1. The standard InChI is InChI=1S/C24H27N3O3/c1-16-10-11-18-13-19(23(28)26-22(18)17(16)2)14-27(15-21-9-6-12-30-21)24(29)25-20-7-4-3-5-8-20/h3-5,7-8,10-11,13,21H,6,9,12,14-15H2,1-2H3,(H,25,29)(H,26,28)/t21-/m0/s1. The normalized spacial score (nSPS) is 16.0. The van der Waals surface area contributed by atoms with Crippen molar-refractivity contribution >= 4 is 22.6 Å². The van der Waals surface area contributed by atoms with Crippen molar-refractivity contribution < 1.29 is 9.53 Å². The first-order chi connectivity index (χ1) is 14.5. The molecule has 0 aliphatic carbocycles. The van der Waals surface area contributed by atoms with Gasteiger partial charge < -0.3 is 19.9 Å². The number of para-hydroxylation sites is 1. The second kappa shape index (κ2) is 8.71. The van der Waals surface area contributed by atoms with E-state index in [1.54, 1.807) is 4.90 Å². The van der Waals surface area contributed by atoms with Gasteiger partial charge in [-0.25, -0.2) is 4.79 Å². The van der Waals surface area contributed by atoms with Crippen molar-refractivity contribution in [3.8, 4) is 0 Å². The third kappa shape index (κ3) is 4.39. The number of rotatable bonds is 5. The van der Waals surface area contributed by atoms with E-state index in [-0.39, 0.29) is 24.2 Å². The number of fused-ring (bicyclic) bond motifs is 1. The van der Waals surface area contributed by atoms with E-state index in [0.717, 1.165) is 40.6 Å². The van der Waals surface area contributed by atoms with Crippen LogP contribution in [0.5, 0.6) is 0 Å². The third-order valence-electron chi connectivity index (χ3n) is 5.75. The van der Waals surface area contributed by atoms with Gasteiger partial charge in [-0.15, -0.1) is 0 Å². The minimum Gasteiger partial charge on any atom is -0.376 e. The van der Waals surface area contributed by atoms with Gasteiger partial charge in [-0.05, 0) is 61.4 Å². The van der Waals surface area contributed by atoms with Crippen molar-refractivity contribution in [1.29, 1.82) is 0 Å². The number of urea groups is 1.